The van der Waals surface area contributed by atoms with Crippen LogP contribution in [0, 0.1) is 0 Å². The second kappa shape index (κ2) is 5.37. The highest BCUT2D eigenvalue weighted by Gasteiger charge is 2.52. The standard InChI is InChI=1S/C9H15NO4S/c1-3-13-7(11)9(8(12)14-4-2)10-5-6-15-9/h10H,3-6H2,1-2H3. The van der Waals surface area contributed by atoms with Crippen LogP contribution in [0.15, 0.2) is 0 Å². The van der Waals surface area contributed by atoms with E-state index in [2.05, 4.69) is 5.32 Å². The van der Waals surface area contributed by atoms with E-state index >= 15 is 0 Å². The molecule has 1 aliphatic heterocycles. The maximum atomic E-state index is 11.7. The molecule has 0 spiro atoms. The van der Waals surface area contributed by atoms with Crippen LogP contribution in [0.2, 0.25) is 0 Å². The van der Waals surface area contributed by atoms with E-state index in [1.165, 1.54) is 11.8 Å². The Labute approximate surface area is 92.9 Å². The van der Waals surface area contributed by atoms with Crippen molar-refractivity contribution in [1.29, 1.82) is 0 Å². The highest BCUT2D eigenvalue weighted by molar-refractivity contribution is 8.02. The lowest BCUT2D eigenvalue weighted by molar-refractivity contribution is -0.159. The highest BCUT2D eigenvalue weighted by atomic mass is 32.2. The van der Waals surface area contributed by atoms with E-state index in [4.69, 9.17) is 9.47 Å². The van der Waals surface area contributed by atoms with E-state index < -0.39 is 16.8 Å². The zero-order chi connectivity index (χ0) is 11.3. The lowest BCUT2D eigenvalue weighted by atomic mass is 10.3. The van der Waals surface area contributed by atoms with Gasteiger partial charge < -0.3 is 9.47 Å². The second-order valence-electron chi connectivity index (χ2n) is 2.90. The molecule has 0 saturated carbocycles. The molecule has 1 aliphatic rings. The molecule has 6 heteroatoms. The zero-order valence-corrected chi connectivity index (χ0v) is 9.69. The van der Waals surface area contributed by atoms with Crippen molar-refractivity contribution in [3.05, 3.63) is 0 Å². The van der Waals surface area contributed by atoms with Crippen LogP contribution in [0.5, 0.6) is 0 Å². The summed E-state index contributed by atoms with van der Waals surface area (Å²) in [5.74, 6) is -0.436. The fourth-order valence-electron chi connectivity index (χ4n) is 1.29. The van der Waals surface area contributed by atoms with Gasteiger partial charge in [-0.25, -0.2) is 9.59 Å². The van der Waals surface area contributed by atoms with Crippen LogP contribution in [0.3, 0.4) is 0 Å². The molecule has 0 atom stereocenters. The summed E-state index contributed by atoms with van der Waals surface area (Å²) in [4.78, 5) is 22.0. The quantitative estimate of drug-likeness (QED) is 0.550. The molecular weight excluding hydrogens is 218 g/mol. The van der Waals surface area contributed by atoms with Crippen molar-refractivity contribution in [3.63, 3.8) is 0 Å². The van der Waals surface area contributed by atoms with E-state index in [1.807, 2.05) is 0 Å². The first-order chi connectivity index (χ1) is 7.17. The number of rotatable bonds is 4. The van der Waals surface area contributed by atoms with Crippen LogP contribution in [-0.4, -0.2) is 42.3 Å². The molecule has 0 aromatic heterocycles. The van der Waals surface area contributed by atoms with Crippen molar-refractivity contribution in [2.75, 3.05) is 25.5 Å². The minimum atomic E-state index is -1.34. The number of ether oxygens (including phenoxy) is 2. The third kappa shape index (κ3) is 2.43. The molecule has 0 unspecified atom stereocenters. The van der Waals surface area contributed by atoms with E-state index in [0.717, 1.165) is 0 Å². The van der Waals surface area contributed by atoms with Gasteiger partial charge in [0, 0.05) is 12.3 Å². The molecule has 1 heterocycles. The minimum Gasteiger partial charge on any atom is -0.464 e. The van der Waals surface area contributed by atoms with Crippen molar-refractivity contribution >= 4 is 23.7 Å². The maximum Gasteiger partial charge on any atom is 0.348 e. The summed E-state index contributed by atoms with van der Waals surface area (Å²) in [7, 11) is 0. The van der Waals surface area contributed by atoms with Gasteiger partial charge in [0.2, 0.25) is 0 Å². The molecule has 0 aromatic carbocycles. The molecule has 86 valence electrons. The average molecular weight is 233 g/mol. The Morgan fingerprint density at radius 1 is 1.27 bits per heavy atom. The SMILES string of the molecule is CCOC(=O)C1(C(=O)OCC)NCCS1. The van der Waals surface area contributed by atoms with E-state index in [1.54, 1.807) is 13.8 Å². The van der Waals surface area contributed by atoms with Crippen LogP contribution in [0.25, 0.3) is 0 Å². The van der Waals surface area contributed by atoms with Crippen molar-refractivity contribution in [1.82, 2.24) is 5.32 Å². The Kier molecular flexibility index (Phi) is 4.41. The van der Waals surface area contributed by atoms with E-state index in [0.29, 0.717) is 12.3 Å². The molecule has 1 rings (SSSR count). The summed E-state index contributed by atoms with van der Waals surface area (Å²) in [6.07, 6.45) is 0. The van der Waals surface area contributed by atoms with Gasteiger partial charge in [-0.3, -0.25) is 5.32 Å². The first kappa shape index (κ1) is 12.3. The van der Waals surface area contributed by atoms with Crippen molar-refractivity contribution in [2.45, 2.75) is 18.7 Å². The van der Waals surface area contributed by atoms with Crippen LogP contribution >= 0.6 is 11.8 Å². The summed E-state index contributed by atoms with van der Waals surface area (Å²) in [5.41, 5.74) is 0. The number of thioether (sulfide) groups is 1. The number of esters is 2. The summed E-state index contributed by atoms with van der Waals surface area (Å²) in [6.45, 7) is 4.51. The molecule has 1 saturated heterocycles. The monoisotopic (exact) mass is 233 g/mol. The number of carbonyl (C=O) groups excluding carboxylic acids is 2. The van der Waals surface area contributed by atoms with E-state index in [-0.39, 0.29) is 13.2 Å². The molecule has 5 nitrogen and oxygen atoms in total. The van der Waals surface area contributed by atoms with Gasteiger partial charge in [0.25, 0.3) is 4.87 Å². The Balaban J connectivity index is 2.78. The van der Waals surface area contributed by atoms with Gasteiger partial charge in [0.05, 0.1) is 13.2 Å². The Hall–Kier alpha value is -0.750. The number of nitrogens with one attached hydrogen (secondary N) is 1. The fourth-order valence-corrected chi connectivity index (χ4v) is 2.36. The topological polar surface area (TPSA) is 64.6 Å². The number of hydrogen-bond donors (Lipinski definition) is 1. The Bertz CT molecular complexity index is 230. The fraction of sp³-hybridized carbons (Fsp3) is 0.778. The smallest absolute Gasteiger partial charge is 0.348 e. The molecular formula is C9H15NO4S. The predicted octanol–water partition coefficient (Wildman–Crippen LogP) is 0.145. The lowest BCUT2D eigenvalue weighted by Crippen LogP contribution is -2.53. The van der Waals surface area contributed by atoms with Gasteiger partial charge in [-0.05, 0) is 13.8 Å². The predicted molar refractivity (Wildman–Crippen MR) is 56.5 cm³/mol. The minimum absolute atomic E-state index is 0.252. The molecule has 0 aromatic rings. The second-order valence-corrected chi connectivity index (χ2v) is 4.21. The van der Waals surface area contributed by atoms with Crippen molar-refractivity contribution in [3.8, 4) is 0 Å². The van der Waals surface area contributed by atoms with Crippen LogP contribution in [0.4, 0.5) is 0 Å². The summed E-state index contributed by atoms with van der Waals surface area (Å²) < 4.78 is 9.75. The number of hydrogen-bond acceptors (Lipinski definition) is 6. The Morgan fingerprint density at radius 3 is 2.13 bits per heavy atom. The highest BCUT2D eigenvalue weighted by Crippen LogP contribution is 2.30. The van der Waals surface area contributed by atoms with Gasteiger partial charge in [0.1, 0.15) is 0 Å². The largest absolute Gasteiger partial charge is 0.464 e. The van der Waals surface area contributed by atoms with Gasteiger partial charge >= 0.3 is 11.9 Å². The van der Waals surface area contributed by atoms with Crippen LogP contribution in [-0.2, 0) is 19.1 Å². The lowest BCUT2D eigenvalue weighted by Gasteiger charge is -2.23. The third-order valence-electron chi connectivity index (χ3n) is 1.92. The summed E-state index contributed by atoms with van der Waals surface area (Å²) in [6, 6.07) is 0. The molecule has 15 heavy (non-hydrogen) atoms. The number of carbonyl (C=O) groups is 2. The molecule has 0 bridgehead atoms. The van der Waals surface area contributed by atoms with Gasteiger partial charge in [-0.15, -0.1) is 11.8 Å². The first-order valence-corrected chi connectivity index (χ1v) is 5.89. The van der Waals surface area contributed by atoms with Gasteiger partial charge in [-0.1, -0.05) is 0 Å². The van der Waals surface area contributed by atoms with Gasteiger partial charge in [0.15, 0.2) is 0 Å². The van der Waals surface area contributed by atoms with Gasteiger partial charge in [-0.2, -0.15) is 0 Å². The molecule has 1 N–H and O–H groups in total. The molecule has 0 amide bonds. The maximum absolute atomic E-state index is 11.7. The van der Waals surface area contributed by atoms with Crippen molar-refractivity contribution in [2.24, 2.45) is 0 Å². The Morgan fingerprint density at radius 2 is 1.80 bits per heavy atom. The zero-order valence-electron chi connectivity index (χ0n) is 8.87. The van der Waals surface area contributed by atoms with Crippen molar-refractivity contribution < 1.29 is 19.1 Å². The normalized spacial score (nSPS) is 18.5. The van der Waals surface area contributed by atoms with Crippen LogP contribution in [0.1, 0.15) is 13.8 Å². The van der Waals surface area contributed by atoms with Crippen LogP contribution < -0.4 is 5.32 Å². The summed E-state index contributed by atoms with van der Waals surface area (Å²) >= 11 is 1.23. The summed E-state index contributed by atoms with van der Waals surface area (Å²) in [5, 5.41) is 2.85. The molecule has 0 aliphatic carbocycles. The molecule has 1 fully saturated rings. The third-order valence-corrected chi connectivity index (χ3v) is 3.24. The first-order valence-electron chi connectivity index (χ1n) is 4.90. The molecule has 0 radical (unpaired) electrons. The average Bonchev–Trinajstić information content (AvgIpc) is 2.68. The van der Waals surface area contributed by atoms with E-state index in [9.17, 15) is 9.59 Å².